The van der Waals surface area contributed by atoms with Crippen LogP contribution in [0.1, 0.15) is 109 Å². The second-order valence-corrected chi connectivity index (χ2v) is 21.6. The Labute approximate surface area is 478 Å². The van der Waals surface area contributed by atoms with Crippen molar-refractivity contribution in [3.8, 4) is 0 Å². The van der Waals surface area contributed by atoms with Gasteiger partial charge >= 0.3 is 0 Å². The summed E-state index contributed by atoms with van der Waals surface area (Å²) in [7, 11) is 0. The number of aliphatic hydroxyl groups excluding tert-OH is 7. The third-order valence-corrected chi connectivity index (χ3v) is 12.9. The zero-order valence-electron chi connectivity index (χ0n) is 50.2. The van der Waals surface area contributed by atoms with E-state index in [4.69, 9.17) is 5.73 Å². The molecule has 28 heteroatoms. The number of amides is 10. The number of hydrogen-bond acceptors (Lipinski definition) is 18. The summed E-state index contributed by atoms with van der Waals surface area (Å²) in [6.07, 6.45) is -6.80. The molecule has 28 nitrogen and oxygen atoms in total. The van der Waals surface area contributed by atoms with Crippen LogP contribution in [0.4, 0.5) is 0 Å². The Hall–Kier alpha value is -5.62. The summed E-state index contributed by atoms with van der Waals surface area (Å²) in [5.41, 5.74) is 5.28. The predicted octanol–water partition coefficient (Wildman–Crippen LogP) is -4.42. The molecule has 0 aromatic carbocycles. The summed E-state index contributed by atoms with van der Waals surface area (Å²) >= 11 is 0. The van der Waals surface area contributed by atoms with Gasteiger partial charge in [0.25, 0.3) is 0 Å². The monoisotopic (exact) mass is 1160 g/mol. The molecule has 10 unspecified atom stereocenters. The minimum absolute atomic E-state index is 0.00794. The molecule has 0 aromatic rings. The van der Waals surface area contributed by atoms with Crippen LogP contribution >= 0.6 is 0 Å². The normalized spacial score (nSPS) is 15.0. The first-order valence-electron chi connectivity index (χ1n) is 27.9. The lowest BCUT2D eigenvalue weighted by Gasteiger charge is -2.35. The van der Waals surface area contributed by atoms with Crippen LogP contribution in [0.5, 0.6) is 0 Å². The molecule has 81 heavy (non-hydrogen) atoms. The lowest BCUT2D eigenvalue weighted by atomic mass is 10.1. The topological polar surface area (TPSA) is 380 Å². The Morgan fingerprint density at radius 1 is 0.321 bits per heavy atom. The number of aliphatic hydroxyl groups is 7. The zero-order chi connectivity index (χ0) is 62.6. The van der Waals surface area contributed by atoms with E-state index in [-0.39, 0.29) is 37.6 Å². The first kappa shape index (κ1) is 75.4. The number of nitrogens with two attached hydrogens (primary N) is 1. The van der Waals surface area contributed by atoms with Gasteiger partial charge < -0.3 is 90.9 Å². The standard InChI is InChI=1S/C53H99N11O17/c1-14-34(4)55-17-45(73)63(35(5)15-2)33-53(81)64(36(6)16-3)32-52(80)62(24-43(13)71)31-51(79)61(23-42(12)70)30-50(78)60(22-41(11)69)29-49(77)59(21-40(10)68)28-48(76)58(20-39(9)67)27-47(75)57(19-38(8)66)26-46(74)56(18-37(7)65)25-44(54)72/h34-43,55,65-71H,14-33H2,1-13H3,(H2,54,72). The van der Waals surface area contributed by atoms with E-state index in [1.54, 1.807) is 13.8 Å². The Morgan fingerprint density at radius 3 is 0.741 bits per heavy atom. The van der Waals surface area contributed by atoms with Crippen LogP contribution in [0.15, 0.2) is 0 Å². The van der Waals surface area contributed by atoms with Crippen molar-refractivity contribution >= 4 is 59.1 Å². The number of nitrogens with zero attached hydrogens (tertiary/aromatic N) is 9. The fourth-order valence-corrected chi connectivity index (χ4v) is 8.19. The van der Waals surface area contributed by atoms with Crippen molar-refractivity contribution in [1.29, 1.82) is 0 Å². The molecular weight excluding hydrogens is 1060 g/mol. The molecule has 0 saturated heterocycles. The first-order chi connectivity index (χ1) is 37.6. The minimum Gasteiger partial charge on any atom is -0.392 e. The molecule has 0 fully saturated rings. The van der Waals surface area contributed by atoms with Gasteiger partial charge in [0, 0.05) is 63.9 Å². The molecule has 10 N–H and O–H groups in total. The van der Waals surface area contributed by atoms with Crippen LogP contribution < -0.4 is 11.1 Å². The first-order valence-corrected chi connectivity index (χ1v) is 27.9. The number of hydrogen-bond donors (Lipinski definition) is 9. The molecule has 10 amide bonds. The summed E-state index contributed by atoms with van der Waals surface area (Å²) in [5, 5.41) is 75.7. The molecular formula is C53H99N11O17. The predicted molar refractivity (Wildman–Crippen MR) is 298 cm³/mol. The third-order valence-electron chi connectivity index (χ3n) is 12.9. The van der Waals surface area contributed by atoms with Gasteiger partial charge in [-0.05, 0) is 88.5 Å². The van der Waals surface area contributed by atoms with Crippen molar-refractivity contribution < 1.29 is 83.7 Å². The van der Waals surface area contributed by atoms with E-state index in [1.807, 2.05) is 27.7 Å². The van der Waals surface area contributed by atoms with Crippen LogP contribution in [-0.2, 0) is 47.9 Å². The largest absolute Gasteiger partial charge is 0.392 e. The Kier molecular flexibility index (Phi) is 35.6. The molecule has 0 aliphatic carbocycles. The van der Waals surface area contributed by atoms with E-state index >= 15 is 0 Å². The van der Waals surface area contributed by atoms with Crippen LogP contribution in [0.3, 0.4) is 0 Å². The fourth-order valence-electron chi connectivity index (χ4n) is 8.19. The van der Waals surface area contributed by atoms with Crippen LogP contribution in [0.2, 0.25) is 0 Å². The molecule has 0 aliphatic heterocycles. The molecule has 0 heterocycles. The highest BCUT2D eigenvalue weighted by molar-refractivity contribution is 5.94. The summed E-state index contributed by atoms with van der Waals surface area (Å²) in [6, 6.07) is -0.784. The van der Waals surface area contributed by atoms with Crippen LogP contribution in [-0.4, -0.2) is 311 Å². The van der Waals surface area contributed by atoms with Gasteiger partial charge in [-0.15, -0.1) is 0 Å². The van der Waals surface area contributed by atoms with Gasteiger partial charge in [0.2, 0.25) is 59.1 Å². The van der Waals surface area contributed by atoms with Crippen molar-refractivity contribution in [2.75, 3.05) is 111 Å². The van der Waals surface area contributed by atoms with E-state index in [0.717, 1.165) is 40.7 Å². The fraction of sp³-hybridized carbons (Fsp3) is 0.811. The highest BCUT2D eigenvalue weighted by Gasteiger charge is 2.34. The average Bonchev–Trinajstić information content (AvgIpc) is 3.35. The molecule has 0 saturated carbocycles. The summed E-state index contributed by atoms with van der Waals surface area (Å²) in [6.45, 7) is 11.0. The van der Waals surface area contributed by atoms with Crippen LogP contribution in [0, 0.1) is 0 Å². The zero-order valence-corrected chi connectivity index (χ0v) is 50.2. The number of carbonyl (C=O) groups excluding carboxylic acids is 10. The average molecular weight is 1160 g/mol. The van der Waals surface area contributed by atoms with E-state index < -0.39 is 194 Å². The van der Waals surface area contributed by atoms with Gasteiger partial charge in [0.15, 0.2) is 0 Å². The van der Waals surface area contributed by atoms with Gasteiger partial charge in [-0.2, -0.15) is 0 Å². The van der Waals surface area contributed by atoms with Gasteiger partial charge in [0.05, 0.1) is 95.1 Å². The van der Waals surface area contributed by atoms with Crippen molar-refractivity contribution in [3.63, 3.8) is 0 Å². The smallest absolute Gasteiger partial charge is 0.242 e. The number of nitrogens with one attached hydrogen (secondary N) is 1. The maximum absolute atomic E-state index is 14.2. The second kappa shape index (κ2) is 38.2. The van der Waals surface area contributed by atoms with Crippen molar-refractivity contribution in [3.05, 3.63) is 0 Å². The maximum Gasteiger partial charge on any atom is 0.242 e. The van der Waals surface area contributed by atoms with E-state index in [1.165, 1.54) is 58.3 Å². The SMILES string of the molecule is CCC(C)NCC(=O)N(CC(=O)N(CC(=O)N(CC(=O)N(CC(=O)N(CC(=O)N(CC(=O)N(CC(=O)N(CC(=O)N(CC(N)=O)CC(C)O)CC(C)O)CC(C)O)CC(C)O)CC(C)O)CC(C)O)CC(C)O)C(C)CC)C(C)CC. The molecule has 0 rings (SSSR count). The van der Waals surface area contributed by atoms with E-state index in [2.05, 4.69) is 5.32 Å². The summed E-state index contributed by atoms with van der Waals surface area (Å²) < 4.78 is 0. The highest BCUT2D eigenvalue weighted by Crippen LogP contribution is 2.13. The lowest BCUT2D eigenvalue weighted by molar-refractivity contribution is -0.151. The van der Waals surface area contributed by atoms with Gasteiger partial charge in [0.1, 0.15) is 13.1 Å². The van der Waals surface area contributed by atoms with Gasteiger partial charge in [-0.1, -0.05) is 20.8 Å². The lowest BCUT2D eigenvalue weighted by Crippen LogP contribution is -2.55. The van der Waals surface area contributed by atoms with Crippen molar-refractivity contribution in [2.45, 2.75) is 170 Å². The number of carbonyl (C=O) groups is 10. The van der Waals surface area contributed by atoms with E-state index in [9.17, 15) is 83.7 Å². The molecule has 0 bridgehead atoms. The third kappa shape index (κ3) is 30.3. The van der Waals surface area contributed by atoms with Crippen molar-refractivity contribution in [2.24, 2.45) is 5.73 Å². The van der Waals surface area contributed by atoms with Gasteiger partial charge in [-0.25, -0.2) is 0 Å². The molecule has 0 spiro atoms. The quantitative estimate of drug-likeness (QED) is 0.0280. The molecule has 0 radical (unpaired) electrons. The highest BCUT2D eigenvalue weighted by atomic mass is 16.3. The number of rotatable bonds is 40. The second-order valence-electron chi connectivity index (χ2n) is 21.6. The number of primary amides is 1. The Bertz CT molecular complexity index is 2010. The minimum atomic E-state index is -1.28. The van der Waals surface area contributed by atoms with Gasteiger partial charge in [-0.3, -0.25) is 47.9 Å². The van der Waals surface area contributed by atoms with E-state index in [0.29, 0.717) is 12.8 Å². The molecule has 10 atom stereocenters. The molecule has 0 aliphatic rings. The Morgan fingerprint density at radius 2 is 0.531 bits per heavy atom. The summed E-state index contributed by atoms with van der Waals surface area (Å²) in [5.74, 6) is -7.98. The van der Waals surface area contributed by atoms with Crippen molar-refractivity contribution in [1.82, 2.24) is 49.4 Å². The molecule has 0 aromatic heterocycles. The Balaban J connectivity index is 6.84. The maximum atomic E-state index is 14.2. The molecule has 468 valence electrons. The summed E-state index contributed by atoms with van der Waals surface area (Å²) in [4.78, 5) is 146. The van der Waals surface area contributed by atoms with Crippen LogP contribution in [0.25, 0.3) is 0 Å².